The molecule has 0 aliphatic carbocycles. The molecule has 0 bridgehead atoms. The topological polar surface area (TPSA) is 106 Å². The number of carbonyl (C=O) groups is 1. The van der Waals surface area contributed by atoms with Gasteiger partial charge in [-0.15, -0.1) is 0 Å². The van der Waals surface area contributed by atoms with Crippen LogP contribution in [0, 0.1) is 11.3 Å². The summed E-state index contributed by atoms with van der Waals surface area (Å²) in [4.78, 5) is 14.8. The van der Waals surface area contributed by atoms with Gasteiger partial charge in [-0.2, -0.15) is 5.26 Å². The van der Waals surface area contributed by atoms with Crippen LogP contribution in [0.1, 0.15) is 64.8 Å². The molecular formula is C29H32N3NiO4-. The van der Waals surface area contributed by atoms with E-state index in [4.69, 9.17) is 24.9 Å². The first-order valence-corrected chi connectivity index (χ1v) is 11.7. The quantitative estimate of drug-likeness (QED) is 0.201. The van der Waals surface area contributed by atoms with E-state index < -0.39 is 11.2 Å². The van der Waals surface area contributed by atoms with Gasteiger partial charge in [0.1, 0.15) is 23.3 Å². The molecule has 0 amide bonds. The molecule has 2 heterocycles. The first-order chi connectivity index (χ1) is 16.9. The Morgan fingerprint density at radius 3 is 1.97 bits per heavy atom. The maximum atomic E-state index is 10.0. The van der Waals surface area contributed by atoms with E-state index in [1.54, 1.807) is 0 Å². The summed E-state index contributed by atoms with van der Waals surface area (Å²) in [5, 5.41) is 23.0. The number of nitrogens with zero attached hydrogens (tertiary/aromatic N) is 3. The molecule has 2 aliphatic heterocycles. The van der Waals surface area contributed by atoms with Crippen molar-refractivity contribution in [1.29, 1.82) is 5.26 Å². The zero-order chi connectivity index (χ0) is 26.5. The van der Waals surface area contributed by atoms with E-state index >= 15 is 0 Å². The van der Waals surface area contributed by atoms with E-state index in [1.165, 1.54) is 19.9 Å². The largest absolute Gasteiger partial charge is 0.643 e. The van der Waals surface area contributed by atoms with Gasteiger partial charge < -0.3 is 19.9 Å². The minimum absolute atomic E-state index is 0. The van der Waals surface area contributed by atoms with Crippen LogP contribution in [0.4, 0.5) is 0 Å². The number of aliphatic hydroxyl groups is 1. The minimum atomic E-state index is -0.577. The molecule has 0 saturated carbocycles. The van der Waals surface area contributed by atoms with Crippen LogP contribution in [0.25, 0.3) is 5.32 Å². The second-order valence-corrected chi connectivity index (χ2v) is 9.79. The molecule has 7 nitrogen and oxygen atoms in total. The fourth-order valence-electron chi connectivity index (χ4n) is 4.14. The van der Waals surface area contributed by atoms with Gasteiger partial charge in [0.25, 0.3) is 0 Å². The van der Waals surface area contributed by atoms with Crippen LogP contribution in [-0.4, -0.2) is 28.0 Å². The third kappa shape index (κ3) is 7.24. The number of benzene rings is 2. The Hall–Kier alpha value is -3.56. The molecule has 37 heavy (non-hydrogen) atoms. The molecule has 0 aromatic heterocycles. The Labute approximate surface area is 228 Å². The van der Waals surface area contributed by atoms with Gasteiger partial charge >= 0.3 is 0 Å². The average molecular weight is 545 g/mol. The van der Waals surface area contributed by atoms with Gasteiger partial charge in [-0.25, -0.2) is 4.99 Å². The maximum Gasteiger partial charge on any atom is 0.230 e. The number of hydrogen-bond acceptors (Lipinski definition) is 6. The summed E-state index contributed by atoms with van der Waals surface area (Å²) in [5.74, 6) is 0.511. The average Bonchev–Trinajstić information content (AvgIpc) is 3.29. The summed E-state index contributed by atoms with van der Waals surface area (Å²) < 4.78 is 12.2. The SMILES string of the molecule is CC(=O)/C=C(/C)O.CC1(C)OC(/C(C#N)=C2\[N-][C@H](c3ccccc3)C(C)(C)O2)=N[C@@H]1c1ccccc1.[Ni]. The Morgan fingerprint density at radius 2 is 1.51 bits per heavy atom. The number of nitriles is 1. The zero-order valence-corrected chi connectivity index (χ0v) is 22.8. The number of aliphatic imine (C=N–C) groups is 1. The molecule has 2 aromatic rings. The zero-order valence-electron chi connectivity index (χ0n) is 21.8. The van der Waals surface area contributed by atoms with Crippen molar-refractivity contribution in [1.82, 2.24) is 0 Å². The van der Waals surface area contributed by atoms with E-state index in [2.05, 4.69) is 6.07 Å². The van der Waals surface area contributed by atoms with Crippen LogP contribution in [0.3, 0.4) is 0 Å². The first-order valence-electron chi connectivity index (χ1n) is 11.7. The van der Waals surface area contributed by atoms with Gasteiger partial charge in [-0.3, -0.25) is 4.79 Å². The van der Waals surface area contributed by atoms with E-state index in [-0.39, 0.29) is 57.5 Å². The van der Waals surface area contributed by atoms with Gasteiger partial charge in [0.05, 0.1) is 11.4 Å². The molecule has 2 aliphatic rings. The smallest absolute Gasteiger partial charge is 0.230 e. The number of allylic oxidation sites excluding steroid dienone is 2. The summed E-state index contributed by atoms with van der Waals surface area (Å²) in [6.45, 7) is 10.8. The summed E-state index contributed by atoms with van der Waals surface area (Å²) in [7, 11) is 0. The molecule has 1 fully saturated rings. The standard InChI is InChI=1S/C24H24N3O2.C5H8O2.Ni/c1-23(2)19(16-11-7-5-8-12-16)26-21(28-23)18(15-25)22-27-20(24(3,4)29-22)17-13-9-6-10-14-17;1-4(6)3-5(2)7;/h5-14,19-20H,1-4H3;3,6H,1-2H3;/q-1;;/b21-18+;4-3-;/t19-,20-;;/m1../s1. The van der Waals surface area contributed by atoms with Crippen LogP contribution in [0.15, 0.2) is 88.9 Å². The number of ketones is 1. The second kappa shape index (κ2) is 12.1. The number of carbonyl (C=O) groups excluding carboxylic acids is 1. The molecule has 0 radical (unpaired) electrons. The van der Waals surface area contributed by atoms with Crippen molar-refractivity contribution >= 4 is 11.7 Å². The van der Waals surface area contributed by atoms with E-state index in [0.717, 1.165) is 11.1 Å². The molecule has 2 atom stereocenters. The van der Waals surface area contributed by atoms with Gasteiger partial charge in [0.2, 0.25) is 5.90 Å². The van der Waals surface area contributed by atoms with Gasteiger partial charge in [0.15, 0.2) is 5.78 Å². The van der Waals surface area contributed by atoms with E-state index in [9.17, 15) is 10.1 Å². The molecule has 1 saturated heterocycles. The molecule has 8 heteroatoms. The maximum absolute atomic E-state index is 10.0. The Bertz CT molecular complexity index is 1220. The number of ether oxygens (including phenoxy) is 2. The fraction of sp³-hybridized carbons (Fsp3) is 0.345. The number of rotatable bonds is 4. The van der Waals surface area contributed by atoms with Gasteiger partial charge in [-0.1, -0.05) is 66.2 Å². The monoisotopic (exact) mass is 544 g/mol. The predicted octanol–water partition coefficient (Wildman–Crippen LogP) is 6.63. The van der Waals surface area contributed by atoms with Crippen LogP contribution in [0.2, 0.25) is 0 Å². The molecule has 0 unspecified atom stereocenters. The van der Waals surface area contributed by atoms with Gasteiger partial charge in [-0.05, 0) is 53.1 Å². The van der Waals surface area contributed by atoms with Crippen LogP contribution in [0.5, 0.6) is 0 Å². The molecule has 198 valence electrons. The van der Waals surface area contributed by atoms with Crippen LogP contribution < -0.4 is 0 Å². The van der Waals surface area contributed by atoms with Crippen molar-refractivity contribution in [2.75, 3.05) is 0 Å². The number of aliphatic hydroxyl groups excluding tert-OH is 1. The normalized spacial score (nSPS) is 22.4. The first kappa shape index (κ1) is 29.7. The fourth-order valence-corrected chi connectivity index (χ4v) is 4.14. The molecular weight excluding hydrogens is 513 g/mol. The number of hydrogen-bond donors (Lipinski definition) is 1. The summed E-state index contributed by atoms with van der Waals surface area (Å²) >= 11 is 0. The van der Waals surface area contributed by atoms with Crippen molar-refractivity contribution in [3.05, 3.63) is 100 Å². The third-order valence-corrected chi connectivity index (χ3v) is 5.71. The summed E-state index contributed by atoms with van der Waals surface area (Å²) in [6, 6.07) is 21.7. The van der Waals surface area contributed by atoms with Crippen molar-refractivity contribution in [3.8, 4) is 6.07 Å². The molecule has 4 rings (SSSR count). The minimum Gasteiger partial charge on any atom is -0.643 e. The van der Waals surface area contributed by atoms with Crippen molar-refractivity contribution < 1.29 is 35.9 Å². The summed E-state index contributed by atoms with van der Waals surface area (Å²) in [5.41, 5.74) is 1.17. The Morgan fingerprint density at radius 1 is 0.973 bits per heavy atom. The van der Waals surface area contributed by atoms with Crippen molar-refractivity contribution in [2.45, 2.75) is 64.8 Å². The Balaban J connectivity index is 0.000000532. The molecule has 0 spiro atoms. The van der Waals surface area contributed by atoms with E-state index in [1.807, 2.05) is 88.4 Å². The van der Waals surface area contributed by atoms with Crippen LogP contribution >= 0.6 is 0 Å². The Kier molecular flexibility index (Phi) is 9.72. The van der Waals surface area contributed by atoms with Crippen molar-refractivity contribution in [3.63, 3.8) is 0 Å². The second-order valence-electron chi connectivity index (χ2n) is 9.79. The van der Waals surface area contributed by atoms with Crippen molar-refractivity contribution in [2.24, 2.45) is 4.99 Å². The van der Waals surface area contributed by atoms with Gasteiger partial charge in [0, 0.05) is 28.5 Å². The van der Waals surface area contributed by atoms with Crippen LogP contribution in [-0.2, 0) is 30.8 Å². The predicted molar refractivity (Wildman–Crippen MR) is 139 cm³/mol. The van der Waals surface area contributed by atoms with E-state index in [0.29, 0.717) is 0 Å². The third-order valence-electron chi connectivity index (χ3n) is 5.71. The molecule has 1 N–H and O–H groups in total. The summed E-state index contributed by atoms with van der Waals surface area (Å²) in [6.07, 6.45) is 1.17. The molecule has 2 aromatic carbocycles.